The summed E-state index contributed by atoms with van der Waals surface area (Å²) in [6, 6.07) is 12.1. The lowest BCUT2D eigenvalue weighted by Gasteiger charge is -2.16. The Morgan fingerprint density at radius 2 is 2.00 bits per heavy atom. The Morgan fingerprint density at radius 1 is 1.19 bits per heavy atom. The molecule has 8 heteroatoms. The number of nitrogens with zero attached hydrogens (tertiary/aromatic N) is 4. The number of rotatable bonds is 5. The minimum Gasteiger partial charge on any atom is -0.362 e. The maximum atomic E-state index is 13.1. The minimum absolute atomic E-state index is 0.0512. The molecular formula is C18H18FN7. The van der Waals surface area contributed by atoms with Crippen LogP contribution in [0.3, 0.4) is 0 Å². The molecule has 4 rings (SSSR count). The van der Waals surface area contributed by atoms with Crippen molar-refractivity contribution >= 4 is 23.1 Å². The molecule has 3 aromatic heterocycles. The van der Waals surface area contributed by atoms with Gasteiger partial charge in [-0.3, -0.25) is 5.10 Å². The molecule has 132 valence electrons. The number of halogens is 1. The zero-order valence-corrected chi connectivity index (χ0v) is 14.4. The highest BCUT2D eigenvalue weighted by Crippen LogP contribution is 2.23. The molecule has 1 atom stereocenters. The Bertz CT molecular complexity index is 1040. The number of nitrogens with one attached hydrogen (secondary N) is 3. The van der Waals surface area contributed by atoms with E-state index in [1.54, 1.807) is 16.6 Å². The Balaban J connectivity index is 1.64. The third kappa shape index (κ3) is 3.21. The molecule has 3 heterocycles. The van der Waals surface area contributed by atoms with Crippen molar-refractivity contribution in [1.82, 2.24) is 24.8 Å². The van der Waals surface area contributed by atoms with Crippen molar-refractivity contribution in [2.24, 2.45) is 0 Å². The predicted octanol–water partition coefficient (Wildman–Crippen LogP) is 3.82. The number of aromatic nitrogens is 5. The average molecular weight is 351 g/mol. The summed E-state index contributed by atoms with van der Waals surface area (Å²) in [5.74, 6) is 1.50. The van der Waals surface area contributed by atoms with E-state index < -0.39 is 0 Å². The molecule has 0 aliphatic carbocycles. The lowest BCUT2D eigenvalue weighted by molar-refractivity contribution is 0.626. The van der Waals surface area contributed by atoms with Crippen LogP contribution in [0.5, 0.6) is 0 Å². The van der Waals surface area contributed by atoms with Crippen LogP contribution in [-0.2, 0) is 0 Å². The maximum absolute atomic E-state index is 13.1. The van der Waals surface area contributed by atoms with Gasteiger partial charge in [-0.1, -0.05) is 12.1 Å². The molecule has 3 N–H and O–H groups in total. The van der Waals surface area contributed by atoms with Gasteiger partial charge < -0.3 is 10.6 Å². The SMILES string of the molecule is Cc1cc(Nc2nc(N[C@@H](C)c3ccc(F)cc3)c3cccn3n2)n[nH]1. The number of aromatic amines is 1. The maximum Gasteiger partial charge on any atom is 0.248 e. The van der Waals surface area contributed by atoms with Gasteiger partial charge in [0.25, 0.3) is 0 Å². The van der Waals surface area contributed by atoms with Gasteiger partial charge in [0.2, 0.25) is 5.95 Å². The van der Waals surface area contributed by atoms with Crippen molar-refractivity contribution in [3.8, 4) is 0 Å². The molecular weight excluding hydrogens is 333 g/mol. The van der Waals surface area contributed by atoms with Crippen molar-refractivity contribution in [3.05, 3.63) is 65.7 Å². The zero-order chi connectivity index (χ0) is 18.1. The van der Waals surface area contributed by atoms with E-state index in [9.17, 15) is 4.39 Å². The lowest BCUT2D eigenvalue weighted by Crippen LogP contribution is -2.11. The molecule has 0 aliphatic heterocycles. The van der Waals surface area contributed by atoms with Crippen LogP contribution in [0.25, 0.3) is 5.52 Å². The number of aryl methyl sites for hydroxylation is 1. The molecule has 0 spiro atoms. The van der Waals surface area contributed by atoms with E-state index in [2.05, 4.69) is 30.9 Å². The summed E-state index contributed by atoms with van der Waals surface area (Å²) in [6.07, 6.45) is 1.85. The van der Waals surface area contributed by atoms with Gasteiger partial charge >= 0.3 is 0 Å². The fraction of sp³-hybridized carbons (Fsp3) is 0.167. The van der Waals surface area contributed by atoms with Crippen molar-refractivity contribution in [3.63, 3.8) is 0 Å². The molecule has 0 fully saturated rings. The van der Waals surface area contributed by atoms with Gasteiger partial charge in [0, 0.05) is 18.0 Å². The van der Waals surface area contributed by atoms with Crippen LogP contribution in [0, 0.1) is 12.7 Å². The molecule has 26 heavy (non-hydrogen) atoms. The first-order valence-corrected chi connectivity index (χ1v) is 8.25. The predicted molar refractivity (Wildman–Crippen MR) is 98.0 cm³/mol. The van der Waals surface area contributed by atoms with Gasteiger partial charge in [-0.25, -0.2) is 8.91 Å². The quantitative estimate of drug-likeness (QED) is 0.509. The third-order valence-electron chi connectivity index (χ3n) is 4.06. The highest BCUT2D eigenvalue weighted by atomic mass is 19.1. The number of benzene rings is 1. The molecule has 0 amide bonds. The van der Waals surface area contributed by atoms with Gasteiger partial charge in [0.05, 0.1) is 6.04 Å². The summed E-state index contributed by atoms with van der Waals surface area (Å²) >= 11 is 0. The van der Waals surface area contributed by atoms with Crippen LogP contribution in [0.15, 0.2) is 48.7 Å². The second-order valence-corrected chi connectivity index (χ2v) is 6.10. The Labute approximate surface area is 149 Å². The minimum atomic E-state index is -0.252. The molecule has 0 bridgehead atoms. The van der Waals surface area contributed by atoms with Gasteiger partial charge in [0.15, 0.2) is 11.6 Å². The molecule has 0 saturated carbocycles. The van der Waals surface area contributed by atoms with Gasteiger partial charge in [-0.15, -0.1) is 5.10 Å². The number of H-pyrrole nitrogens is 1. The van der Waals surface area contributed by atoms with Crippen molar-refractivity contribution in [1.29, 1.82) is 0 Å². The van der Waals surface area contributed by atoms with Crippen LogP contribution in [0.4, 0.5) is 22.0 Å². The van der Waals surface area contributed by atoms with Gasteiger partial charge in [-0.2, -0.15) is 10.1 Å². The van der Waals surface area contributed by atoms with E-state index in [1.165, 1.54) is 12.1 Å². The van der Waals surface area contributed by atoms with E-state index in [0.717, 1.165) is 16.8 Å². The standard InChI is InChI=1S/C18H18FN7/c1-11-10-16(24-23-11)21-18-22-17(15-4-3-9-26(15)25-18)20-12(2)13-5-7-14(19)8-6-13/h3-10,12H,1-2H3,(H3,20,21,22,23,24,25)/t12-/m0/s1. The number of hydrogen-bond acceptors (Lipinski definition) is 5. The first-order valence-electron chi connectivity index (χ1n) is 8.25. The number of hydrogen-bond donors (Lipinski definition) is 3. The normalized spacial score (nSPS) is 12.3. The van der Waals surface area contributed by atoms with E-state index >= 15 is 0 Å². The van der Waals surface area contributed by atoms with E-state index in [1.807, 2.05) is 38.2 Å². The Hall–Kier alpha value is -3.42. The van der Waals surface area contributed by atoms with Crippen molar-refractivity contribution in [2.45, 2.75) is 19.9 Å². The summed E-state index contributed by atoms with van der Waals surface area (Å²) in [5.41, 5.74) is 2.76. The first-order chi connectivity index (χ1) is 12.6. The van der Waals surface area contributed by atoms with Crippen molar-refractivity contribution < 1.29 is 4.39 Å². The number of anilines is 3. The van der Waals surface area contributed by atoms with Crippen LogP contribution < -0.4 is 10.6 Å². The molecule has 1 aromatic carbocycles. The molecule has 0 radical (unpaired) electrons. The summed E-state index contributed by atoms with van der Waals surface area (Å²) in [5, 5.41) is 17.9. The van der Waals surface area contributed by atoms with Crippen LogP contribution in [0.1, 0.15) is 24.2 Å². The van der Waals surface area contributed by atoms with E-state index in [-0.39, 0.29) is 11.9 Å². The lowest BCUT2D eigenvalue weighted by atomic mass is 10.1. The van der Waals surface area contributed by atoms with Crippen molar-refractivity contribution in [2.75, 3.05) is 10.6 Å². The van der Waals surface area contributed by atoms with Crippen LogP contribution in [0.2, 0.25) is 0 Å². The highest BCUT2D eigenvalue weighted by Gasteiger charge is 2.12. The smallest absolute Gasteiger partial charge is 0.248 e. The number of fused-ring (bicyclic) bond motifs is 1. The molecule has 0 aliphatic rings. The molecule has 4 aromatic rings. The summed E-state index contributed by atoms with van der Waals surface area (Å²) in [4.78, 5) is 4.58. The molecule has 0 saturated heterocycles. The second-order valence-electron chi connectivity index (χ2n) is 6.10. The molecule has 7 nitrogen and oxygen atoms in total. The fourth-order valence-corrected chi connectivity index (χ4v) is 2.73. The summed E-state index contributed by atoms with van der Waals surface area (Å²) < 4.78 is 14.9. The van der Waals surface area contributed by atoms with Gasteiger partial charge in [-0.05, 0) is 43.7 Å². The zero-order valence-electron chi connectivity index (χ0n) is 14.4. The Morgan fingerprint density at radius 3 is 2.73 bits per heavy atom. The topological polar surface area (TPSA) is 82.9 Å². The summed E-state index contributed by atoms with van der Waals surface area (Å²) in [6.45, 7) is 3.92. The highest BCUT2D eigenvalue weighted by molar-refractivity contribution is 5.69. The second kappa shape index (κ2) is 6.47. The van der Waals surface area contributed by atoms with Gasteiger partial charge in [0.1, 0.15) is 11.3 Å². The Kier molecular flexibility index (Phi) is 4.00. The first kappa shape index (κ1) is 16.1. The largest absolute Gasteiger partial charge is 0.362 e. The summed E-state index contributed by atoms with van der Waals surface area (Å²) in [7, 11) is 0. The van der Waals surface area contributed by atoms with E-state index in [4.69, 9.17) is 0 Å². The fourth-order valence-electron chi connectivity index (χ4n) is 2.73. The molecule has 0 unspecified atom stereocenters. The monoisotopic (exact) mass is 351 g/mol. The van der Waals surface area contributed by atoms with E-state index in [0.29, 0.717) is 17.6 Å². The van der Waals surface area contributed by atoms with Crippen LogP contribution in [-0.4, -0.2) is 24.8 Å². The van der Waals surface area contributed by atoms with Crippen LogP contribution >= 0.6 is 0 Å². The average Bonchev–Trinajstić information content (AvgIpc) is 3.24. The third-order valence-corrected chi connectivity index (χ3v) is 4.06.